The zero-order valence-electron chi connectivity index (χ0n) is 18.5. The van der Waals surface area contributed by atoms with Crippen LogP contribution in [0.2, 0.25) is 0 Å². The van der Waals surface area contributed by atoms with E-state index in [1.807, 2.05) is 0 Å². The fraction of sp³-hybridized carbons (Fsp3) is 0.955. The second-order valence-electron chi connectivity index (χ2n) is 7.76. The molecule has 0 aliphatic carbocycles. The van der Waals surface area contributed by atoms with E-state index in [1.54, 1.807) is 0 Å². The van der Waals surface area contributed by atoms with Gasteiger partial charge in [0.05, 0.1) is 13.2 Å². The zero-order valence-corrected chi connectivity index (χ0v) is 19.3. The molecular weight excluding hydrogens is 412 g/mol. The lowest BCUT2D eigenvalue weighted by molar-refractivity contribution is -0.162. The molecule has 0 spiro atoms. The minimum absolute atomic E-state index is 0.0157. The summed E-state index contributed by atoms with van der Waals surface area (Å²) in [5.41, 5.74) is 0. The molecule has 1 rings (SSSR count). The minimum Gasteiger partial charge on any atom is -0.457 e. The van der Waals surface area contributed by atoms with Crippen LogP contribution in [0.25, 0.3) is 0 Å². The van der Waals surface area contributed by atoms with Gasteiger partial charge in [0.25, 0.3) is 0 Å². The van der Waals surface area contributed by atoms with Crippen LogP contribution in [-0.2, 0) is 14.3 Å². The van der Waals surface area contributed by atoms with Crippen molar-refractivity contribution in [3.8, 4) is 0 Å². The average Bonchev–Trinajstić information content (AvgIpc) is 3.08. The Kier molecular flexibility index (Phi) is 20.2. The van der Waals surface area contributed by atoms with Crippen molar-refractivity contribution in [3.05, 3.63) is 0 Å². The van der Waals surface area contributed by atoms with E-state index in [0.717, 1.165) is 32.1 Å². The number of rotatable bonds is 16. The second-order valence-corrected chi connectivity index (χ2v) is 8.14. The molecule has 0 bridgehead atoms. The molecule has 1 saturated heterocycles. The van der Waals surface area contributed by atoms with Crippen molar-refractivity contribution in [2.45, 2.75) is 108 Å². The van der Waals surface area contributed by atoms with Crippen LogP contribution < -0.4 is 0 Å². The first kappa shape index (κ1) is 29.6. The normalized spacial score (nSPS) is 21.7. The van der Waals surface area contributed by atoms with Crippen LogP contribution in [0.15, 0.2) is 0 Å². The highest BCUT2D eigenvalue weighted by Crippen LogP contribution is 2.20. The number of esters is 1. The van der Waals surface area contributed by atoms with Crippen molar-refractivity contribution in [1.82, 2.24) is 0 Å². The number of carbonyl (C=O) groups excluding carboxylic acids is 1. The number of hydrogen-bond acceptors (Lipinski definition) is 7. The lowest BCUT2D eigenvalue weighted by Crippen LogP contribution is -2.43. The van der Waals surface area contributed by atoms with E-state index in [0.29, 0.717) is 12.3 Å². The molecule has 30 heavy (non-hydrogen) atoms. The first-order valence-corrected chi connectivity index (χ1v) is 12.0. The highest BCUT2D eigenvalue weighted by molar-refractivity contribution is 6.17. The van der Waals surface area contributed by atoms with Crippen LogP contribution in [-0.4, -0.2) is 76.5 Å². The predicted molar refractivity (Wildman–Crippen MR) is 118 cm³/mol. The number of halogens is 1. The third-order valence-electron chi connectivity index (χ3n) is 5.05. The average molecular weight is 455 g/mol. The van der Waals surface area contributed by atoms with E-state index in [4.69, 9.17) is 26.2 Å². The standard InChI is InChI=1S/C18H34O6.C4H9ClO/c1-2-3-4-5-6-7-8-9-10-11-16(21)24-15(12-19)18-17(22)14(20)13-23-18;5-3-1-2-4-6/h14-15,17-20,22H,2-13H2,1H3;6H,1-4H2/t14-,15+,17+,18+;/m0./s1. The fourth-order valence-electron chi connectivity index (χ4n) is 3.18. The Bertz CT molecular complexity index is 394. The SMILES string of the molecule is CCCCCCCCCCCC(=O)O[C@H](CO)[C@H]1OC[C@H](O)[C@H]1O.OCCCCCl. The molecule has 1 fully saturated rings. The van der Waals surface area contributed by atoms with Crippen molar-refractivity contribution < 1.29 is 34.7 Å². The molecule has 0 saturated carbocycles. The first-order valence-electron chi connectivity index (χ1n) is 11.5. The van der Waals surface area contributed by atoms with Gasteiger partial charge in [0.1, 0.15) is 18.3 Å². The highest BCUT2D eigenvalue weighted by Gasteiger charge is 2.41. The van der Waals surface area contributed by atoms with Crippen molar-refractivity contribution in [1.29, 1.82) is 0 Å². The molecule has 0 radical (unpaired) electrons. The van der Waals surface area contributed by atoms with Crippen LogP contribution in [0.4, 0.5) is 0 Å². The van der Waals surface area contributed by atoms with Gasteiger partial charge in [-0.15, -0.1) is 11.6 Å². The zero-order chi connectivity index (χ0) is 22.6. The number of aliphatic hydroxyl groups excluding tert-OH is 4. The van der Waals surface area contributed by atoms with Gasteiger partial charge in [-0.25, -0.2) is 0 Å². The summed E-state index contributed by atoms with van der Waals surface area (Å²) in [6, 6.07) is 0. The van der Waals surface area contributed by atoms with E-state index >= 15 is 0 Å². The largest absolute Gasteiger partial charge is 0.457 e. The molecule has 7 nitrogen and oxygen atoms in total. The minimum atomic E-state index is -1.14. The van der Waals surface area contributed by atoms with Gasteiger partial charge >= 0.3 is 5.97 Å². The number of aliphatic hydroxyl groups is 4. The molecule has 4 N–H and O–H groups in total. The summed E-state index contributed by atoms with van der Waals surface area (Å²) in [5.74, 6) is 0.273. The molecule has 0 aromatic heterocycles. The molecule has 1 heterocycles. The van der Waals surface area contributed by atoms with Crippen molar-refractivity contribution in [2.75, 3.05) is 25.7 Å². The molecule has 0 aromatic carbocycles. The summed E-state index contributed by atoms with van der Waals surface area (Å²) in [6.45, 7) is 2.03. The number of unbranched alkanes of at least 4 members (excludes halogenated alkanes) is 9. The number of carbonyl (C=O) groups is 1. The Labute approximate surface area is 186 Å². The number of alkyl halides is 1. The molecule has 1 aliphatic rings. The molecule has 0 amide bonds. The van der Waals surface area contributed by atoms with Gasteiger partial charge in [-0.3, -0.25) is 4.79 Å². The fourth-order valence-corrected chi connectivity index (χ4v) is 3.36. The Morgan fingerprint density at radius 1 is 1.00 bits per heavy atom. The van der Waals surface area contributed by atoms with Crippen molar-refractivity contribution in [2.24, 2.45) is 0 Å². The first-order chi connectivity index (χ1) is 14.5. The summed E-state index contributed by atoms with van der Waals surface area (Å²) in [7, 11) is 0. The van der Waals surface area contributed by atoms with E-state index in [2.05, 4.69) is 6.92 Å². The summed E-state index contributed by atoms with van der Waals surface area (Å²) >= 11 is 5.27. The Hall–Kier alpha value is -0.440. The lowest BCUT2D eigenvalue weighted by atomic mass is 10.1. The van der Waals surface area contributed by atoms with Gasteiger partial charge in [0, 0.05) is 18.9 Å². The molecule has 4 atom stereocenters. The smallest absolute Gasteiger partial charge is 0.306 e. The number of ether oxygens (including phenoxy) is 2. The summed E-state index contributed by atoms with van der Waals surface area (Å²) < 4.78 is 10.4. The van der Waals surface area contributed by atoms with Crippen LogP contribution in [0.1, 0.15) is 84.0 Å². The predicted octanol–water partition coefficient (Wildman–Crippen LogP) is 2.93. The van der Waals surface area contributed by atoms with Gasteiger partial charge in [-0.2, -0.15) is 0 Å². The highest BCUT2D eigenvalue weighted by atomic mass is 35.5. The molecule has 0 unspecified atom stereocenters. The number of hydrogen-bond donors (Lipinski definition) is 4. The van der Waals surface area contributed by atoms with Gasteiger partial charge in [0.2, 0.25) is 0 Å². The monoisotopic (exact) mass is 454 g/mol. The quantitative estimate of drug-likeness (QED) is 0.161. The van der Waals surface area contributed by atoms with Crippen LogP contribution in [0.5, 0.6) is 0 Å². The Balaban J connectivity index is 0.00000122. The van der Waals surface area contributed by atoms with Crippen LogP contribution in [0.3, 0.4) is 0 Å². The molecule has 1 aliphatic heterocycles. The maximum Gasteiger partial charge on any atom is 0.306 e. The van der Waals surface area contributed by atoms with Gasteiger partial charge in [-0.1, -0.05) is 58.3 Å². The third-order valence-corrected chi connectivity index (χ3v) is 5.31. The summed E-state index contributed by atoms with van der Waals surface area (Å²) in [6.07, 6.45) is 8.68. The van der Waals surface area contributed by atoms with Crippen molar-refractivity contribution >= 4 is 17.6 Å². The van der Waals surface area contributed by atoms with E-state index in [1.165, 1.54) is 38.5 Å². The van der Waals surface area contributed by atoms with Gasteiger partial charge in [-0.05, 0) is 19.3 Å². The maximum atomic E-state index is 11.8. The molecule has 8 heteroatoms. The van der Waals surface area contributed by atoms with Gasteiger partial charge < -0.3 is 29.9 Å². The van der Waals surface area contributed by atoms with Gasteiger partial charge in [0.15, 0.2) is 6.10 Å². The molecule has 180 valence electrons. The maximum absolute atomic E-state index is 11.8. The van der Waals surface area contributed by atoms with Crippen molar-refractivity contribution in [3.63, 3.8) is 0 Å². The topological polar surface area (TPSA) is 116 Å². The lowest BCUT2D eigenvalue weighted by Gasteiger charge is -2.24. The van der Waals surface area contributed by atoms with E-state index in [-0.39, 0.29) is 13.2 Å². The summed E-state index contributed by atoms with van der Waals surface area (Å²) in [4.78, 5) is 11.8. The summed E-state index contributed by atoms with van der Waals surface area (Å²) in [5, 5.41) is 36.6. The van der Waals surface area contributed by atoms with E-state index in [9.17, 15) is 20.1 Å². The van der Waals surface area contributed by atoms with Crippen LogP contribution >= 0.6 is 11.6 Å². The Morgan fingerprint density at radius 2 is 1.60 bits per heavy atom. The van der Waals surface area contributed by atoms with Crippen LogP contribution in [0, 0.1) is 0 Å². The molecular formula is C22H43ClO7. The van der Waals surface area contributed by atoms with E-state index < -0.39 is 37.0 Å². The second kappa shape index (κ2) is 20.5. The third kappa shape index (κ3) is 14.5. The molecule has 0 aromatic rings. The Morgan fingerprint density at radius 3 is 2.03 bits per heavy atom.